The molecule has 3 fully saturated rings. The summed E-state index contributed by atoms with van der Waals surface area (Å²) in [5.41, 5.74) is 0.950. The number of carbonyl (C=O) groups excluding carboxylic acids is 1. The Kier molecular flexibility index (Phi) is 8.61. The first-order valence-corrected chi connectivity index (χ1v) is 17.7. The van der Waals surface area contributed by atoms with Crippen molar-refractivity contribution in [2.75, 3.05) is 60.4 Å². The van der Waals surface area contributed by atoms with Crippen molar-refractivity contribution in [3.05, 3.63) is 49.1 Å². The number of rotatable bonds is 9. The summed E-state index contributed by atoms with van der Waals surface area (Å²) < 4.78 is 43.8. The number of halogens is 1. The summed E-state index contributed by atoms with van der Waals surface area (Å²) in [5, 5.41) is 4.98. The minimum absolute atomic E-state index is 0.00148. The number of hydrogen-bond donors (Lipinski definition) is 1. The average molecular weight is 653 g/mol. The highest BCUT2D eigenvalue weighted by Crippen LogP contribution is 2.44. The summed E-state index contributed by atoms with van der Waals surface area (Å²) in [6.07, 6.45) is 8.39. The van der Waals surface area contributed by atoms with E-state index >= 15 is 0 Å². The zero-order valence-electron chi connectivity index (χ0n) is 26.7. The Morgan fingerprint density at radius 1 is 1.20 bits per heavy atom. The number of likely N-dealkylation sites (tertiary alicyclic amines) is 1. The fraction of sp³-hybridized carbons (Fsp3) is 0.531. The minimum atomic E-state index is -3.11. The second-order valence-electron chi connectivity index (χ2n) is 12.8. The lowest BCUT2D eigenvalue weighted by Crippen LogP contribution is -2.57. The number of fused-ring (bicyclic) bond motifs is 1. The molecule has 6 heterocycles. The third-order valence-corrected chi connectivity index (χ3v) is 10.8. The normalized spacial score (nSPS) is 26.7. The van der Waals surface area contributed by atoms with Crippen LogP contribution in [0.3, 0.4) is 0 Å². The molecule has 5 atom stereocenters. The van der Waals surface area contributed by atoms with Crippen molar-refractivity contribution in [1.29, 1.82) is 0 Å². The van der Waals surface area contributed by atoms with Gasteiger partial charge in [-0.25, -0.2) is 22.8 Å². The van der Waals surface area contributed by atoms with E-state index in [0.29, 0.717) is 43.6 Å². The van der Waals surface area contributed by atoms with Crippen molar-refractivity contribution >= 4 is 49.8 Å². The number of carbonyl (C=O) groups is 1. The number of piperidine rings is 1. The number of hydrogen-bond acceptors (Lipinski definition) is 11. The summed E-state index contributed by atoms with van der Waals surface area (Å²) in [7, 11) is -1.58. The molecule has 3 aromatic rings. The smallest absolute Gasteiger partial charge is 0.246 e. The van der Waals surface area contributed by atoms with Crippen molar-refractivity contribution in [2.45, 2.75) is 57.0 Å². The van der Waals surface area contributed by atoms with E-state index in [9.17, 15) is 17.6 Å². The lowest BCUT2D eigenvalue weighted by Gasteiger charge is -2.48. The van der Waals surface area contributed by atoms with Crippen LogP contribution in [0.5, 0.6) is 0 Å². The zero-order chi connectivity index (χ0) is 32.8. The monoisotopic (exact) mass is 652 g/mol. The number of sulfone groups is 1. The molecule has 3 aromatic heterocycles. The van der Waals surface area contributed by atoms with E-state index < -0.39 is 27.7 Å². The molecule has 1 amide bonds. The van der Waals surface area contributed by atoms with Gasteiger partial charge in [0.05, 0.1) is 41.5 Å². The number of aromatic nitrogens is 4. The molecule has 0 spiro atoms. The van der Waals surface area contributed by atoms with Crippen molar-refractivity contribution in [1.82, 2.24) is 24.8 Å². The number of pyridine rings is 2. The largest absolute Gasteiger partial charge is 0.378 e. The highest BCUT2D eigenvalue weighted by molar-refractivity contribution is 7.90. The first-order chi connectivity index (χ1) is 21.9. The van der Waals surface area contributed by atoms with Crippen LogP contribution in [0.15, 0.2) is 43.4 Å². The van der Waals surface area contributed by atoms with Crippen molar-refractivity contribution in [3.8, 4) is 0 Å². The van der Waals surface area contributed by atoms with Crippen molar-refractivity contribution in [3.63, 3.8) is 0 Å². The summed E-state index contributed by atoms with van der Waals surface area (Å²) in [5.74, 6) is 1.45. The number of amides is 1. The van der Waals surface area contributed by atoms with E-state index in [0.717, 1.165) is 35.0 Å². The number of nitrogens with zero attached hydrogens (tertiary/aromatic N) is 7. The van der Waals surface area contributed by atoms with Crippen LogP contribution in [0.4, 0.5) is 27.7 Å². The first kappa shape index (κ1) is 32.0. The second kappa shape index (κ2) is 12.4. The van der Waals surface area contributed by atoms with Crippen LogP contribution >= 0.6 is 0 Å². The third-order valence-electron chi connectivity index (χ3n) is 9.74. The molecule has 12 nitrogen and oxygen atoms in total. The molecule has 3 aliphatic heterocycles. The molecule has 14 heteroatoms. The van der Waals surface area contributed by atoms with Gasteiger partial charge >= 0.3 is 0 Å². The molecular weight excluding hydrogens is 611 g/mol. The molecule has 1 N–H and O–H groups in total. The zero-order valence-corrected chi connectivity index (χ0v) is 27.5. The summed E-state index contributed by atoms with van der Waals surface area (Å²) >= 11 is 0. The summed E-state index contributed by atoms with van der Waals surface area (Å²) in [6, 6.07) is 3.65. The van der Waals surface area contributed by atoms with Crippen molar-refractivity contribution in [2.24, 2.45) is 5.92 Å². The van der Waals surface area contributed by atoms with Gasteiger partial charge in [-0.2, -0.15) is 4.98 Å². The molecule has 0 saturated carbocycles. The first-order valence-electron chi connectivity index (χ1n) is 15.6. The van der Waals surface area contributed by atoms with Crippen molar-refractivity contribution < 1.29 is 22.3 Å². The fourth-order valence-corrected chi connectivity index (χ4v) is 8.30. The molecule has 246 valence electrons. The van der Waals surface area contributed by atoms with Gasteiger partial charge in [-0.1, -0.05) is 6.58 Å². The van der Waals surface area contributed by atoms with Gasteiger partial charge in [0.15, 0.2) is 0 Å². The molecule has 0 bridgehead atoms. The predicted octanol–water partition coefficient (Wildman–Crippen LogP) is 3.62. The van der Waals surface area contributed by atoms with E-state index in [1.165, 1.54) is 19.4 Å². The molecular formula is C32H41FN8O4S. The highest BCUT2D eigenvalue weighted by Gasteiger charge is 2.44. The van der Waals surface area contributed by atoms with E-state index in [1.807, 2.05) is 35.9 Å². The van der Waals surface area contributed by atoms with Gasteiger partial charge in [0, 0.05) is 68.1 Å². The number of alkyl halides is 1. The number of nitrogens with one attached hydrogen (secondary N) is 1. The van der Waals surface area contributed by atoms with E-state index in [2.05, 4.69) is 26.8 Å². The van der Waals surface area contributed by atoms with Gasteiger partial charge in [0.1, 0.15) is 27.6 Å². The van der Waals surface area contributed by atoms with Crippen LogP contribution < -0.4 is 15.1 Å². The maximum absolute atomic E-state index is 14.6. The summed E-state index contributed by atoms with van der Waals surface area (Å²) in [6.45, 7) is 9.69. The molecule has 0 aromatic carbocycles. The molecule has 0 radical (unpaired) electrons. The maximum atomic E-state index is 14.6. The maximum Gasteiger partial charge on any atom is 0.246 e. The Bertz CT molecular complexity index is 1760. The lowest BCUT2D eigenvalue weighted by molar-refractivity contribution is -0.129. The number of anilines is 4. The quantitative estimate of drug-likeness (QED) is 0.340. The Morgan fingerprint density at radius 2 is 2.00 bits per heavy atom. The van der Waals surface area contributed by atoms with Gasteiger partial charge in [-0.05, 0) is 51.3 Å². The van der Waals surface area contributed by atoms with Gasteiger partial charge < -0.3 is 24.8 Å². The molecule has 6 rings (SSSR count). The van der Waals surface area contributed by atoms with Crippen LogP contribution in [0.1, 0.15) is 38.8 Å². The van der Waals surface area contributed by atoms with Gasteiger partial charge in [-0.15, -0.1) is 0 Å². The van der Waals surface area contributed by atoms with Gasteiger partial charge in [-0.3, -0.25) is 9.78 Å². The Labute approximate surface area is 269 Å². The topological polar surface area (TPSA) is 134 Å². The van der Waals surface area contributed by atoms with E-state index in [1.54, 1.807) is 18.5 Å². The fourth-order valence-electron chi connectivity index (χ4n) is 7.14. The SMILES string of the molecule is C=CC(=O)N1CCCC1(C)c1ncc(N2C[C@H](CS(C)(=O)=O)[C@H]2C)c2cnc(Nc3ccnc(N4CC[C@@H](OC)[C@@H](F)C4)n3)cc12. The molecule has 46 heavy (non-hydrogen) atoms. The molecule has 0 aliphatic carbocycles. The molecule has 1 unspecified atom stereocenters. The Morgan fingerprint density at radius 3 is 2.70 bits per heavy atom. The van der Waals surface area contributed by atoms with Gasteiger partial charge in [0.25, 0.3) is 0 Å². The molecule has 3 aliphatic rings. The third kappa shape index (κ3) is 5.99. The molecule has 3 saturated heterocycles. The van der Waals surface area contributed by atoms with Gasteiger partial charge in [0.2, 0.25) is 11.9 Å². The van der Waals surface area contributed by atoms with Crippen LogP contribution in [-0.2, 0) is 24.9 Å². The Balaban J connectivity index is 1.36. The Hall–Kier alpha value is -3.91. The van der Waals surface area contributed by atoms with E-state index in [4.69, 9.17) is 14.7 Å². The lowest BCUT2D eigenvalue weighted by atomic mass is 9.88. The number of ether oxygens (including phenoxy) is 1. The van der Waals surface area contributed by atoms with Crippen LogP contribution in [-0.4, -0.2) is 103 Å². The minimum Gasteiger partial charge on any atom is -0.378 e. The van der Waals surface area contributed by atoms with E-state index in [-0.39, 0.29) is 30.2 Å². The number of methoxy groups -OCH3 is 1. The second-order valence-corrected chi connectivity index (χ2v) is 15.0. The standard InChI is InChI=1S/C32H41FN8O4S/c1-6-29(42)41-12-7-10-32(41,3)30-22-14-28(37-27-8-11-34-31(38-27)39-13-9-26(45-4)24(33)18-39)35-15-23(22)25(16-36-30)40-17-21(20(40)2)19-46(5,43)44/h6,8,11,14-16,20-21,24,26H,1,7,9-10,12-13,17-19H2,2-5H3,(H,34,35,37,38)/t20-,21-,24+,26-,32?/m1/s1. The van der Waals surface area contributed by atoms with Crippen LogP contribution in [0.2, 0.25) is 0 Å². The van der Waals surface area contributed by atoms with Crippen LogP contribution in [0.25, 0.3) is 10.8 Å². The summed E-state index contributed by atoms with van der Waals surface area (Å²) in [4.78, 5) is 37.5. The highest BCUT2D eigenvalue weighted by atomic mass is 32.2. The predicted molar refractivity (Wildman–Crippen MR) is 176 cm³/mol. The van der Waals surface area contributed by atoms with Crippen LogP contribution in [0, 0.1) is 5.92 Å². The average Bonchev–Trinajstić information content (AvgIpc) is 3.43.